The average molecular weight is 256 g/mol. The highest BCUT2D eigenvalue weighted by Crippen LogP contribution is 2.14. The van der Waals surface area contributed by atoms with Crippen molar-refractivity contribution in [2.75, 3.05) is 6.54 Å². The van der Waals surface area contributed by atoms with E-state index in [0.29, 0.717) is 10.7 Å². The first kappa shape index (κ1) is 13.5. The van der Waals surface area contributed by atoms with E-state index in [1.807, 2.05) is 18.2 Å². The fourth-order valence-corrected chi connectivity index (χ4v) is 1.20. The number of nitrogens with two attached hydrogens (primary N) is 1. The van der Waals surface area contributed by atoms with Gasteiger partial charge in [-0.2, -0.15) is 0 Å². The molecule has 0 fully saturated rings. The summed E-state index contributed by atoms with van der Waals surface area (Å²) in [6.07, 6.45) is -0.641. The molecule has 0 spiro atoms. The Bertz CT molecular complexity index is 421. The summed E-state index contributed by atoms with van der Waals surface area (Å²) >= 11 is 5.92. The molecule has 0 bridgehead atoms. The summed E-state index contributed by atoms with van der Waals surface area (Å²) in [5.41, 5.74) is 6.63. The second kappa shape index (κ2) is 6.88. The normalized spacial score (nSPS) is 11.1. The van der Waals surface area contributed by atoms with Gasteiger partial charge in [0.05, 0.1) is 5.71 Å². The summed E-state index contributed by atoms with van der Waals surface area (Å²) in [6, 6.07) is 7.22. The summed E-state index contributed by atoms with van der Waals surface area (Å²) in [5, 5.41) is 6.64. The minimum Gasteiger partial charge on any atom is -0.325 e. The predicted octanol–water partition coefficient (Wildman–Crippen LogP) is 1.90. The van der Waals surface area contributed by atoms with Crippen LogP contribution in [0.5, 0.6) is 0 Å². The summed E-state index contributed by atoms with van der Waals surface area (Å²) < 4.78 is 0. The Morgan fingerprint density at radius 2 is 2.24 bits per heavy atom. The lowest BCUT2D eigenvalue weighted by Gasteiger charge is -2.05. The Kier molecular flexibility index (Phi) is 5.45. The van der Waals surface area contributed by atoms with E-state index in [2.05, 4.69) is 15.3 Å². The Morgan fingerprint density at radius 1 is 1.53 bits per heavy atom. The number of nitrogens with one attached hydrogen (secondary N) is 1. The van der Waals surface area contributed by atoms with Gasteiger partial charge in [0.25, 0.3) is 0 Å². The molecule has 0 aromatic heterocycles. The highest BCUT2D eigenvalue weighted by atomic mass is 35.5. The smallest absolute Gasteiger partial charge is 0.325 e. The SMILES string of the molecule is C/C(CN)=N\OC(=O)NCc1ccccc1Cl. The van der Waals surface area contributed by atoms with Crippen LogP contribution in [0.3, 0.4) is 0 Å². The van der Waals surface area contributed by atoms with Gasteiger partial charge < -0.3 is 11.1 Å². The Hall–Kier alpha value is -1.59. The van der Waals surface area contributed by atoms with Crippen LogP contribution in [-0.4, -0.2) is 18.3 Å². The molecule has 0 heterocycles. The van der Waals surface area contributed by atoms with E-state index < -0.39 is 6.09 Å². The molecule has 92 valence electrons. The van der Waals surface area contributed by atoms with E-state index in [0.717, 1.165) is 5.56 Å². The first-order chi connectivity index (χ1) is 8.13. The Morgan fingerprint density at radius 3 is 2.88 bits per heavy atom. The molecule has 17 heavy (non-hydrogen) atoms. The third kappa shape index (κ3) is 4.84. The lowest BCUT2D eigenvalue weighted by molar-refractivity contribution is 0.150. The van der Waals surface area contributed by atoms with Gasteiger partial charge in [0.15, 0.2) is 0 Å². The van der Waals surface area contributed by atoms with Crippen LogP contribution in [-0.2, 0) is 11.4 Å². The lowest BCUT2D eigenvalue weighted by atomic mass is 10.2. The Balaban J connectivity index is 2.41. The van der Waals surface area contributed by atoms with Crippen molar-refractivity contribution in [3.8, 4) is 0 Å². The average Bonchev–Trinajstić information content (AvgIpc) is 2.35. The van der Waals surface area contributed by atoms with Crippen molar-refractivity contribution in [2.24, 2.45) is 10.9 Å². The zero-order chi connectivity index (χ0) is 12.7. The molecule has 1 amide bonds. The topological polar surface area (TPSA) is 76.7 Å². The van der Waals surface area contributed by atoms with E-state index in [-0.39, 0.29) is 13.1 Å². The molecule has 0 radical (unpaired) electrons. The third-order valence-corrected chi connectivity index (χ3v) is 2.33. The molecule has 0 unspecified atom stereocenters. The number of halogens is 1. The van der Waals surface area contributed by atoms with Crippen LogP contribution < -0.4 is 11.1 Å². The van der Waals surface area contributed by atoms with Crippen molar-refractivity contribution in [1.82, 2.24) is 5.32 Å². The second-order valence-electron chi connectivity index (χ2n) is 3.35. The van der Waals surface area contributed by atoms with Gasteiger partial charge in [0.2, 0.25) is 0 Å². The zero-order valence-electron chi connectivity index (χ0n) is 9.44. The van der Waals surface area contributed by atoms with Crippen LogP contribution in [0.2, 0.25) is 5.02 Å². The number of nitrogens with zero attached hydrogens (tertiary/aromatic N) is 1. The number of carbonyl (C=O) groups excluding carboxylic acids is 1. The minimum absolute atomic E-state index is 0.248. The third-order valence-electron chi connectivity index (χ3n) is 1.96. The molecular weight excluding hydrogens is 242 g/mol. The molecule has 0 atom stereocenters. The van der Waals surface area contributed by atoms with Gasteiger partial charge in [0, 0.05) is 18.1 Å². The van der Waals surface area contributed by atoms with Crippen molar-refractivity contribution < 1.29 is 9.63 Å². The van der Waals surface area contributed by atoms with Gasteiger partial charge in [0.1, 0.15) is 0 Å². The fourth-order valence-electron chi connectivity index (χ4n) is 0.998. The summed E-state index contributed by atoms with van der Waals surface area (Å²) in [6.45, 7) is 2.20. The van der Waals surface area contributed by atoms with Crippen LogP contribution >= 0.6 is 11.6 Å². The van der Waals surface area contributed by atoms with Crippen LogP contribution in [0.15, 0.2) is 29.4 Å². The van der Waals surface area contributed by atoms with Gasteiger partial charge in [-0.3, -0.25) is 4.84 Å². The fraction of sp³-hybridized carbons (Fsp3) is 0.273. The largest absolute Gasteiger partial charge is 0.433 e. The molecule has 1 rings (SSSR count). The van der Waals surface area contributed by atoms with Gasteiger partial charge in [-0.15, -0.1) is 0 Å². The van der Waals surface area contributed by atoms with Crippen molar-refractivity contribution in [1.29, 1.82) is 0 Å². The van der Waals surface area contributed by atoms with E-state index in [4.69, 9.17) is 17.3 Å². The monoisotopic (exact) mass is 255 g/mol. The number of hydrogen-bond acceptors (Lipinski definition) is 4. The molecule has 0 saturated heterocycles. The summed E-state index contributed by atoms with van der Waals surface area (Å²) in [7, 11) is 0. The van der Waals surface area contributed by atoms with Gasteiger partial charge in [-0.05, 0) is 18.6 Å². The summed E-state index contributed by atoms with van der Waals surface area (Å²) in [5.74, 6) is 0. The van der Waals surface area contributed by atoms with Crippen molar-refractivity contribution in [3.05, 3.63) is 34.9 Å². The highest BCUT2D eigenvalue weighted by molar-refractivity contribution is 6.31. The summed E-state index contributed by atoms with van der Waals surface area (Å²) in [4.78, 5) is 15.8. The number of rotatable bonds is 4. The molecule has 0 aliphatic carbocycles. The van der Waals surface area contributed by atoms with E-state index in [1.54, 1.807) is 13.0 Å². The van der Waals surface area contributed by atoms with Crippen molar-refractivity contribution >= 4 is 23.4 Å². The lowest BCUT2D eigenvalue weighted by Crippen LogP contribution is -2.23. The molecule has 3 N–H and O–H groups in total. The minimum atomic E-state index is -0.641. The molecule has 0 aliphatic heterocycles. The zero-order valence-corrected chi connectivity index (χ0v) is 10.2. The van der Waals surface area contributed by atoms with Gasteiger partial charge in [-0.1, -0.05) is 35.0 Å². The van der Waals surface area contributed by atoms with Crippen LogP contribution in [0.4, 0.5) is 4.79 Å². The number of oxime groups is 1. The number of benzene rings is 1. The van der Waals surface area contributed by atoms with Crippen molar-refractivity contribution in [3.63, 3.8) is 0 Å². The van der Waals surface area contributed by atoms with Crippen LogP contribution in [0, 0.1) is 0 Å². The van der Waals surface area contributed by atoms with Gasteiger partial charge in [-0.25, -0.2) is 4.79 Å². The number of hydrogen-bond donors (Lipinski definition) is 2. The molecule has 6 heteroatoms. The van der Waals surface area contributed by atoms with Crippen LogP contribution in [0.25, 0.3) is 0 Å². The molecule has 0 saturated carbocycles. The second-order valence-corrected chi connectivity index (χ2v) is 3.76. The molecule has 1 aromatic rings. The molecule has 5 nitrogen and oxygen atoms in total. The highest BCUT2D eigenvalue weighted by Gasteiger charge is 2.03. The van der Waals surface area contributed by atoms with Gasteiger partial charge >= 0.3 is 6.09 Å². The maximum absolute atomic E-state index is 11.2. The molecular formula is C11H14ClN3O2. The van der Waals surface area contributed by atoms with E-state index >= 15 is 0 Å². The van der Waals surface area contributed by atoms with Crippen molar-refractivity contribution in [2.45, 2.75) is 13.5 Å². The molecule has 1 aromatic carbocycles. The Labute approximate surface area is 105 Å². The maximum atomic E-state index is 11.2. The molecule has 0 aliphatic rings. The van der Waals surface area contributed by atoms with E-state index in [1.165, 1.54) is 0 Å². The quantitative estimate of drug-likeness (QED) is 0.490. The number of carbonyl (C=O) groups is 1. The first-order valence-electron chi connectivity index (χ1n) is 5.05. The standard InChI is InChI=1S/C11H14ClN3O2/c1-8(6-13)15-17-11(16)14-7-9-4-2-3-5-10(9)12/h2-5H,6-7,13H2,1H3,(H,14,16)/b15-8+. The van der Waals surface area contributed by atoms with Crippen LogP contribution in [0.1, 0.15) is 12.5 Å². The first-order valence-corrected chi connectivity index (χ1v) is 5.43. The number of amides is 1. The maximum Gasteiger partial charge on any atom is 0.433 e. The predicted molar refractivity (Wildman–Crippen MR) is 66.9 cm³/mol. The van der Waals surface area contributed by atoms with E-state index in [9.17, 15) is 4.79 Å².